The van der Waals surface area contributed by atoms with Crippen LogP contribution < -0.4 is 4.90 Å². The Morgan fingerprint density at radius 1 is 1.10 bits per heavy atom. The molecule has 1 aliphatic rings. The molecule has 1 aliphatic heterocycles. The van der Waals surface area contributed by atoms with Crippen molar-refractivity contribution in [2.45, 2.75) is 13.1 Å². The first-order valence-corrected chi connectivity index (χ1v) is 8.66. The van der Waals surface area contributed by atoms with Gasteiger partial charge in [-0.2, -0.15) is 18.2 Å². The van der Waals surface area contributed by atoms with E-state index in [0.717, 1.165) is 0 Å². The van der Waals surface area contributed by atoms with Gasteiger partial charge in [0.25, 0.3) is 5.91 Å². The van der Waals surface area contributed by atoms with E-state index >= 15 is 0 Å². The highest BCUT2D eigenvalue weighted by atomic mass is 19.4. The van der Waals surface area contributed by atoms with Crippen molar-refractivity contribution in [2.75, 3.05) is 31.1 Å². The van der Waals surface area contributed by atoms with E-state index in [1.807, 2.05) is 4.90 Å². The number of amides is 1. The van der Waals surface area contributed by atoms with Crippen molar-refractivity contribution in [1.29, 1.82) is 0 Å². The van der Waals surface area contributed by atoms with Crippen LogP contribution in [0.4, 0.5) is 19.0 Å². The topological polar surface area (TPSA) is 101 Å². The van der Waals surface area contributed by atoms with Gasteiger partial charge in [-0.05, 0) is 19.1 Å². The fourth-order valence-corrected chi connectivity index (χ4v) is 2.93. The van der Waals surface area contributed by atoms with E-state index in [0.29, 0.717) is 43.3 Å². The van der Waals surface area contributed by atoms with Gasteiger partial charge in [-0.25, -0.2) is 4.98 Å². The van der Waals surface area contributed by atoms with Gasteiger partial charge in [-0.1, -0.05) is 10.3 Å². The molecular formula is C17H15F3N6O3. The first-order chi connectivity index (χ1) is 13.8. The lowest BCUT2D eigenvalue weighted by molar-refractivity contribution is -0.159. The minimum absolute atomic E-state index is 0.185. The Balaban J connectivity index is 1.39. The molecule has 0 spiro atoms. The zero-order chi connectivity index (χ0) is 20.6. The first-order valence-electron chi connectivity index (χ1n) is 8.66. The SMILES string of the molecule is Cc1cc(C(=O)N2CCN(c3ccc(-c4noc(C(F)(F)F)n4)cn3)CC2)no1. The van der Waals surface area contributed by atoms with Crippen LogP contribution in [-0.4, -0.2) is 57.3 Å². The minimum atomic E-state index is -4.69. The van der Waals surface area contributed by atoms with Gasteiger partial charge in [-0.15, -0.1) is 0 Å². The number of nitrogens with zero attached hydrogens (tertiary/aromatic N) is 6. The average Bonchev–Trinajstić information content (AvgIpc) is 3.37. The highest BCUT2D eigenvalue weighted by molar-refractivity contribution is 5.92. The largest absolute Gasteiger partial charge is 0.471 e. The normalized spacial score (nSPS) is 15.0. The summed E-state index contributed by atoms with van der Waals surface area (Å²) < 4.78 is 46.9. The quantitative estimate of drug-likeness (QED) is 0.651. The number of alkyl halides is 3. The van der Waals surface area contributed by atoms with E-state index in [1.165, 1.54) is 6.20 Å². The molecule has 4 heterocycles. The van der Waals surface area contributed by atoms with Gasteiger partial charge in [0.2, 0.25) is 5.82 Å². The summed E-state index contributed by atoms with van der Waals surface area (Å²) in [5, 5.41) is 7.08. The van der Waals surface area contributed by atoms with Crippen molar-refractivity contribution in [2.24, 2.45) is 0 Å². The van der Waals surface area contributed by atoms with Gasteiger partial charge < -0.3 is 18.8 Å². The molecule has 152 valence electrons. The van der Waals surface area contributed by atoms with E-state index in [9.17, 15) is 18.0 Å². The van der Waals surface area contributed by atoms with Crippen molar-refractivity contribution < 1.29 is 27.0 Å². The second-order valence-electron chi connectivity index (χ2n) is 6.43. The number of aryl methyl sites for hydroxylation is 1. The summed E-state index contributed by atoms with van der Waals surface area (Å²) in [6.45, 7) is 3.78. The van der Waals surface area contributed by atoms with E-state index in [1.54, 1.807) is 30.0 Å². The number of rotatable bonds is 3. The zero-order valence-electron chi connectivity index (χ0n) is 15.2. The third-order valence-electron chi connectivity index (χ3n) is 4.41. The molecule has 3 aromatic heterocycles. The second kappa shape index (κ2) is 7.18. The highest BCUT2D eigenvalue weighted by Crippen LogP contribution is 2.29. The fourth-order valence-electron chi connectivity index (χ4n) is 2.93. The molecule has 29 heavy (non-hydrogen) atoms. The van der Waals surface area contributed by atoms with Crippen molar-refractivity contribution in [1.82, 2.24) is 25.2 Å². The Kier molecular flexibility index (Phi) is 4.68. The molecular weight excluding hydrogens is 393 g/mol. The van der Waals surface area contributed by atoms with Gasteiger partial charge in [0.1, 0.15) is 11.6 Å². The monoisotopic (exact) mass is 408 g/mol. The van der Waals surface area contributed by atoms with Gasteiger partial charge in [0.15, 0.2) is 5.69 Å². The molecule has 0 N–H and O–H groups in total. The van der Waals surface area contributed by atoms with Gasteiger partial charge in [0.05, 0.1) is 0 Å². The molecule has 12 heteroatoms. The molecule has 3 aromatic rings. The highest BCUT2D eigenvalue weighted by Gasteiger charge is 2.38. The molecule has 0 radical (unpaired) electrons. The Morgan fingerprint density at radius 2 is 1.86 bits per heavy atom. The van der Waals surface area contributed by atoms with Crippen LogP contribution in [-0.2, 0) is 6.18 Å². The van der Waals surface area contributed by atoms with Crippen LogP contribution in [0.2, 0.25) is 0 Å². The first kappa shape index (κ1) is 18.9. The fraction of sp³-hybridized carbons (Fsp3) is 0.353. The molecule has 1 amide bonds. The maximum Gasteiger partial charge on any atom is 0.471 e. The predicted octanol–water partition coefficient (Wildman–Crippen LogP) is 2.41. The van der Waals surface area contributed by atoms with Crippen molar-refractivity contribution in [3.05, 3.63) is 41.7 Å². The van der Waals surface area contributed by atoms with Crippen LogP contribution in [0.3, 0.4) is 0 Å². The number of aromatic nitrogens is 4. The van der Waals surface area contributed by atoms with Crippen LogP contribution in [0, 0.1) is 6.92 Å². The average molecular weight is 408 g/mol. The van der Waals surface area contributed by atoms with Gasteiger partial charge >= 0.3 is 12.1 Å². The van der Waals surface area contributed by atoms with E-state index in [2.05, 4.69) is 24.8 Å². The second-order valence-corrected chi connectivity index (χ2v) is 6.43. The van der Waals surface area contributed by atoms with E-state index in [4.69, 9.17) is 4.52 Å². The van der Waals surface area contributed by atoms with Crippen LogP contribution in [0.25, 0.3) is 11.4 Å². The smallest absolute Gasteiger partial charge is 0.361 e. The standard InChI is InChI=1S/C17H15F3N6O3/c1-10-8-12(23-28-10)15(27)26-6-4-25(5-7-26)13-3-2-11(9-21-13)14-22-16(29-24-14)17(18,19)20/h2-3,8-9H,4-7H2,1H3. The van der Waals surface area contributed by atoms with Crippen molar-refractivity contribution in [3.63, 3.8) is 0 Å². The summed E-state index contributed by atoms with van der Waals surface area (Å²) in [6.07, 6.45) is -3.31. The Bertz CT molecular complexity index is 1010. The molecule has 0 aliphatic carbocycles. The third-order valence-corrected chi connectivity index (χ3v) is 4.41. The number of hydrogen-bond donors (Lipinski definition) is 0. The van der Waals surface area contributed by atoms with Gasteiger partial charge in [-0.3, -0.25) is 4.79 Å². The van der Waals surface area contributed by atoms with E-state index < -0.39 is 12.1 Å². The van der Waals surface area contributed by atoms with Crippen molar-refractivity contribution in [3.8, 4) is 11.4 Å². The molecule has 0 aromatic carbocycles. The van der Waals surface area contributed by atoms with Crippen LogP contribution in [0.1, 0.15) is 22.1 Å². The summed E-state index contributed by atoms with van der Waals surface area (Å²) in [5.41, 5.74) is 0.583. The molecule has 0 bridgehead atoms. The minimum Gasteiger partial charge on any atom is -0.361 e. The summed E-state index contributed by atoms with van der Waals surface area (Å²) in [5.74, 6) is -0.574. The number of hydrogen-bond acceptors (Lipinski definition) is 8. The molecule has 0 unspecified atom stereocenters. The maximum atomic E-state index is 12.6. The molecule has 0 atom stereocenters. The summed E-state index contributed by atoms with van der Waals surface area (Å²) >= 11 is 0. The maximum absolute atomic E-state index is 12.6. The molecule has 4 rings (SSSR count). The Morgan fingerprint density at radius 3 is 2.41 bits per heavy atom. The number of carbonyl (C=O) groups is 1. The Labute approximate surface area is 162 Å². The lowest BCUT2D eigenvalue weighted by Crippen LogP contribution is -2.49. The molecule has 0 saturated carbocycles. The molecule has 1 fully saturated rings. The zero-order valence-corrected chi connectivity index (χ0v) is 15.2. The van der Waals surface area contributed by atoms with Crippen LogP contribution >= 0.6 is 0 Å². The van der Waals surface area contributed by atoms with Crippen LogP contribution in [0.15, 0.2) is 33.4 Å². The summed E-state index contributed by atoms with van der Waals surface area (Å²) in [4.78, 5) is 23.7. The lowest BCUT2D eigenvalue weighted by atomic mass is 10.2. The van der Waals surface area contributed by atoms with Gasteiger partial charge in [0, 0.05) is 44.0 Å². The lowest BCUT2D eigenvalue weighted by Gasteiger charge is -2.35. The number of halogens is 3. The number of anilines is 1. The van der Waals surface area contributed by atoms with Crippen LogP contribution in [0.5, 0.6) is 0 Å². The number of carbonyl (C=O) groups excluding carboxylic acids is 1. The third kappa shape index (κ3) is 3.91. The number of piperazine rings is 1. The predicted molar refractivity (Wildman–Crippen MR) is 91.9 cm³/mol. The molecule has 9 nitrogen and oxygen atoms in total. The Hall–Kier alpha value is -3.44. The van der Waals surface area contributed by atoms with Crippen molar-refractivity contribution >= 4 is 11.7 Å². The summed E-state index contributed by atoms with van der Waals surface area (Å²) in [7, 11) is 0. The number of pyridine rings is 1. The van der Waals surface area contributed by atoms with E-state index in [-0.39, 0.29) is 17.4 Å². The summed E-state index contributed by atoms with van der Waals surface area (Å²) in [6, 6.07) is 4.83. The molecule has 1 saturated heterocycles.